The van der Waals surface area contributed by atoms with Crippen LogP contribution in [0.25, 0.3) is 0 Å². The van der Waals surface area contributed by atoms with Gasteiger partial charge in [0.25, 0.3) is 0 Å². The fourth-order valence-corrected chi connectivity index (χ4v) is 3.52. The standard InChI is InChI=1S/C23H41N7O5/c1-13(2)9-16(25)20(31)30-19(14(3)4)22(33)29-18(10-15-11-26-12-27-15)21(32)28-17(23(34)35)7-5-6-8-24/h11-14,16-19H,5-10,24-25H2,1-4H3,(H,26,27)(H,28,32)(H,29,33)(H,30,31)(H,34,35). The lowest BCUT2D eigenvalue weighted by molar-refractivity contribution is -0.142. The topological polar surface area (TPSA) is 205 Å². The van der Waals surface area contributed by atoms with Crippen molar-refractivity contribution >= 4 is 23.7 Å². The van der Waals surface area contributed by atoms with E-state index in [9.17, 15) is 24.3 Å². The number of hydrogen-bond acceptors (Lipinski definition) is 7. The molecule has 1 aromatic rings. The second-order valence-electron chi connectivity index (χ2n) is 9.49. The molecular formula is C23H41N7O5. The van der Waals surface area contributed by atoms with Gasteiger partial charge in [0.2, 0.25) is 17.7 Å². The molecule has 4 unspecified atom stereocenters. The Labute approximate surface area is 206 Å². The zero-order chi connectivity index (χ0) is 26.5. The third-order valence-corrected chi connectivity index (χ3v) is 5.48. The van der Waals surface area contributed by atoms with Crippen LogP contribution >= 0.6 is 0 Å². The number of aromatic amines is 1. The van der Waals surface area contributed by atoms with Gasteiger partial charge in [-0.2, -0.15) is 0 Å². The van der Waals surface area contributed by atoms with E-state index < -0.39 is 47.9 Å². The lowest BCUT2D eigenvalue weighted by Crippen LogP contribution is -2.59. The molecule has 0 saturated carbocycles. The number of H-pyrrole nitrogens is 1. The van der Waals surface area contributed by atoms with E-state index in [0.717, 1.165) is 0 Å². The number of nitrogens with two attached hydrogens (primary N) is 2. The van der Waals surface area contributed by atoms with Crippen molar-refractivity contribution in [2.75, 3.05) is 6.54 Å². The predicted molar refractivity (Wildman–Crippen MR) is 131 cm³/mol. The summed E-state index contributed by atoms with van der Waals surface area (Å²) in [5, 5.41) is 17.4. The van der Waals surface area contributed by atoms with Crippen LogP contribution in [-0.2, 0) is 25.6 Å². The third kappa shape index (κ3) is 10.9. The first-order valence-corrected chi connectivity index (χ1v) is 12.0. The number of rotatable bonds is 16. The van der Waals surface area contributed by atoms with E-state index in [0.29, 0.717) is 31.5 Å². The molecule has 35 heavy (non-hydrogen) atoms. The number of carbonyl (C=O) groups excluding carboxylic acids is 3. The fourth-order valence-electron chi connectivity index (χ4n) is 3.52. The summed E-state index contributed by atoms with van der Waals surface area (Å²) in [7, 11) is 0. The number of imidazole rings is 1. The lowest BCUT2D eigenvalue weighted by atomic mass is 9.99. The van der Waals surface area contributed by atoms with E-state index in [4.69, 9.17) is 11.5 Å². The predicted octanol–water partition coefficient (Wildman–Crippen LogP) is -0.350. The Kier molecular flexibility index (Phi) is 13.0. The second kappa shape index (κ2) is 15.1. The minimum atomic E-state index is -1.17. The number of nitrogens with zero attached hydrogens (tertiary/aromatic N) is 1. The second-order valence-corrected chi connectivity index (χ2v) is 9.49. The normalized spacial score (nSPS) is 14.7. The van der Waals surface area contributed by atoms with Crippen LogP contribution in [0.15, 0.2) is 12.5 Å². The quantitative estimate of drug-likeness (QED) is 0.150. The molecule has 3 amide bonds. The monoisotopic (exact) mass is 495 g/mol. The van der Waals surface area contributed by atoms with Crippen molar-refractivity contribution in [3.8, 4) is 0 Å². The average molecular weight is 496 g/mol. The van der Waals surface area contributed by atoms with E-state index >= 15 is 0 Å². The average Bonchev–Trinajstić information content (AvgIpc) is 3.28. The molecule has 1 heterocycles. The van der Waals surface area contributed by atoms with Gasteiger partial charge in [0.05, 0.1) is 12.4 Å². The molecule has 1 rings (SSSR count). The van der Waals surface area contributed by atoms with Crippen LogP contribution in [0.2, 0.25) is 0 Å². The van der Waals surface area contributed by atoms with Crippen LogP contribution in [0.4, 0.5) is 0 Å². The van der Waals surface area contributed by atoms with Gasteiger partial charge in [0, 0.05) is 18.3 Å². The molecule has 0 spiro atoms. The molecule has 198 valence electrons. The van der Waals surface area contributed by atoms with Crippen molar-refractivity contribution in [2.24, 2.45) is 23.3 Å². The molecule has 12 nitrogen and oxygen atoms in total. The number of nitrogens with one attached hydrogen (secondary N) is 4. The molecule has 0 radical (unpaired) electrons. The van der Waals surface area contributed by atoms with E-state index in [1.54, 1.807) is 13.8 Å². The molecule has 0 fully saturated rings. The number of aliphatic carboxylic acids is 1. The van der Waals surface area contributed by atoms with Gasteiger partial charge >= 0.3 is 5.97 Å². The number of aromatic nitrogens is 2. The highest BCUT2D eigenvalue weighted by Gasteiger charge is 2.32. The zero-order valence-electron chi connectivity index (χ0n) is 21.0. The fraction of sp³-hybridized carbons (Fsp3) is 0.696. The Morgan fingerprint density at radius 1 is 1.00 bits per heavy atom. The molecule has 9 N–H and O–H groups in total. The van der Waals surface area contributed by atoms with Gasteiger partial charge in [0.1, 0.15) is 18.1 Å². The summed E-state index contributed by atoms with van der Waals surface area (Å²) >= 11 is 0. The van der Waals surface area contributed by atoms with Gasteiger partial charge in [-0.25, -0.2) is 9.78 Å². The van der Waals surface area contributed by atoms with Gasteiger partial charge in [-0.1, -0.05) is 27.7 Å². The first-order chi connectivity index (χ1) is 16.5. The van der Waals surface area contributed by atoms with Crippen LogP contribution in [-0.4, -0.2) is 69.5 Å². The molecule has 0 saturated heterocycles. The maximum Gasteiger partial charge on any atom is 0.326 e. The minimum absolute atomic E-state index is 0.0539. The first-order valence-electron chi connectivity index (χ1n) is 12.0. The molecule has 0 bridgehead atoms. The van der Waals surface area contributed by atoms with Crippen molar-refractivity contribution in [3.05, 3.63) is 18.2 Å². The maximum atomic E-state index is 13.1. The molecule has 4 atom stereocenters. The Balaban J connectivity index is 2.99. The molecule has 0 aromatic carbocycles. The SMILES string of the molecule is CC(C)CC(N)C(=O)NC(C(=O)NC(Cc1cnc[nH]1)C(=O)NC(CCCCN)C(=O)O)C(C)C. The summed E-state index contributed by atoms with van der Waals surface area (Å²) < 4.78 is 0. The molecule has 1 aromatic heterocycles. The van der Waals surface area contributed by atoms with Crippen molar-refractivity contribution in [3.63, 3.8) is 0 Å². The molecule has 0 aliphatic rings. The summed E-state index contributed by atoms with van der Waals surface area (Å²) in [4.78, 5) is 57.1. The van der Waals surface area contributed by atoms with Gasteiger partial charge < -0.3 is 37.5 Å². The van der Waals surface area contributed by atoms with Crippen LogP contribution in [0, 0.1) is 11.8 Å². The number of carboxylic acids is 1. The Bertz CT molecular complexity index is 813. The molecule has 0 aliphatic carbocycles. The zero-order valence-corrected chi connectivity index (χ0v) is 21.0. The minimum Gasteiger partial charge on any atom is -0.480 e. The number of amides is 3. The van der Waals surface area contributed by atoms with Crippen LogP contribution in [0.1, 0.15) is 59.1 Å². The third-order valence-electron chi connectivity index (χ3n) is 5.48. The van der Waals surface area contributed by atoms with Crippen LogP contribution in [0.5, 0.6) is 0 Å². The number of hydrogen-bond donors (Lipinski definition) is 7. The highest BCUT2D eigenvalue weighted by molar-refractivity contribution is 5.94. The Hall–Kier alpha value is -2.99. The lowest BCUT2D eigenvalue weighted by Gasteiger charge is -2.27. The largest absolute Gasteiger partial charge is 0.480 e. The van der Waals surface area contributed by atoms with Crippen molar-refractivity contribution in [1.29, 1.82) is 0 Å². The van der Waals surface area contributed by atoms with Crippen molar-refractivity contribution in [1.82, 2.24) is 25.9 Å². The van der Waals surface area contributed by atoms with Gasteiger partial charge in [-0.15, -0.1) is 0 Å². The first kappa shape index (κ1) is 30.0. The van der Waals surface area contributed by atoms with E-state index in [-0.39, 0.29) is 24.7 Å². The number of unbranched alkanes of at least 4 members (excludes halogenated alkanes) is 1. The summed E-state index contributed by atoms with van der Waals surface area (Å²) in [5.74, 6) is -2.93. The van der Waals surface area contributed by atoms with Gasteiger partial charge in [-0.3, -0.25) is 14.4 Å². The summed E-state index contributed by atoms with van der Waals surface area (Å²) in [6, 6.07) is -3.91. The Morgan fingerprint density at radius 2 is 1.66 bits per heavy atom. The molecule has 0 aliphatic heterocycles. The summed E-state index contributed by atoms with van der Waals surface area (Å²) in [6.45, 7) is 7.83. The summed E-state index contributed by atoms with van der Waals surface area (Å²) in [6.07, 6.45) is 4.83. The molecular weight excluding hydrogens is 454 g/mol. The van der Waals surface area contributed by atoms with Crippen LogP contribution < -0.4 is 27.4 Å². The van der Waals surface area contributed by atoms with Gasteiger partial charge in [-0.05, 0) is 44.1 Å². The van der Waals surface area contributed by atoms with E-state index in [1.165, 1.54) is 12.5 Å². The Morgan fingerprint density at radius 3 is 2.17 bits per heavy atom. The van der Waals surface area contributed by atoms with Crippen molar-refractivity contribution < 1.29 is 24.3 Å². The van der Waals surface area contributed by atoms with Gasteiger partial charge in [0.15, 0.2) is 0 Å². The van der Waals surface area contributed by atoms with E-state index in [1.807, 2.05) is 13.8 Å². The van der Waals surface area contributed by atoms with Crippen LogP contribution in [0.3, 0.4) is 0 Å². The molecule has 12 heteroatoms. The highest BCUT2D eigenvalue weighted by Crippen LogP contribution is 2.09. The summed E-state index contributed by atoms with van der Waals surface area (Å²) in [5.41, 5.74) is 12.0. The smallest absolute Gasteiger partial charge is 0.326 e. The number of carboxylic acid groups (broad SMARTS) is 1. The van der Waals surface area contributed by atoms with Crippen molar-refractivity contribution in [2.45, 2.75) is 84.0 Å². The highest BCUT2D eigenvalue weighted by atomic mass is 16.4. The maximum absolute atomic E-state index is 13.1. The number of carbonyl (C=O) groups is 4. The van der Waals surface area contributed by atoms with E-state index in [2.05, 4.69) is 25.9 Å².